The topological polar surface area (TPSA) is 68.2 Å². The molecule has 0 aliphatic heterocycles. The lowest BCUT2D eigenvalue weighted by Crippen LogP contribution is -2.07. The SMILES string of the molecule is Cc1cccc2c1c(N)cn2CC(=O)O. The average molecular weight is 204 g/mol. The summed E-state index contributed by atoms with van der Waals surface area (Å²) < 4.78 is 1.65. The molecule has 15 heavy (non-hydrogen) atoms. The number of benzene rings is 1. The molecule has 0 atom stereocenters. The zero-order chi connectivity index (χ0) is 11.0. The molecule has 3 N–H and O–H groups in total. The lowest BCUT2D eigenvalue weighted by atomic mass is 10.1. The number of fused-ring (bicyclic) bond motifs is 1. The van der Waals surface area contributed by atoms with Crippen LogP contribution in [0.4, 0.5) is 5.69 Å². The fraction of sp³-hybridized carbons (Fsp3) is 0.182. The average Bonchev–Trinajstić information content (AvgIpc) is 2.44. The van der Waals surface area contributed by atoms with E-state index in [0.29, 0.717) is 5.69 Å². The molecule has 0 aliphatic carbocycles. The van der Waals surface area contributed by atoms with E-state index in [2.05, 4.69) is 0 Å². The van der Waals surface area contributed by atoms with Crippen LogP contribution in [-0.4, -0.2) is 15.6 Å². The maximum Gasteiger partial charge on any atom is 0.323 e. The van der Waals surface area contributed by atoms with Crippen molar-refractivity contribution < 1.29 is 9.90 Å². The second-order valence-corrected chi connectivity index (χ2v) is 3.58. The van der Waals surface area contributed by atoms with Crippen LogP contribution in [0.25, 0.3) is 10.9 Å². The first-order valence-corrected chi connectivity index (χ1v) is 4.65. The number of rotatable bonds is 2. The van der Waals surface area contributed by atoms with Crippen molar-refractivity contribution in [3.63, 3.8) is 0 Å². The summed E-state index contributed by atoms with van der Waals surface area (Å²) in [5, 5.41) is 9.69. The van der Waals surface area contributed by atoms with E-state index in [1.165, 1.54) is 0 Å². The fourth-order valence-corrected chi connectivity index (χ4v) is 1.85. The molecule has 0 saturated carbocycles. The van der Waals surface area contributed by atoms with E-state index in [-0.39, 0.29) is 6.54 Å². The third-order valence-electron chi connectivity index (χ3n) is 2.45. The molecule has 0 unspecified atom stereocenters. The van der Waals surface area contributed by atoms with Crippen LogP contribution in [0.2, 0.25) is 0 Å². The van der Waals surface area contributed by atoms with Crippen molar-refractivity contribution in [2.75, 3.05) is 5.73 Å². The molecule has 0 fully saturated rings. The normalized spacial score (nSPS) is 10.7. The maximum absolute atomic E-state index is 10.6. The second-order valence-electron chi connectivity index (χ2n) is 3.58. The minimum Gasteiger partial charge on any atom is -0.480 e. The van der Waals surface area contributed by atoms with Gasteiger partial charge in [-0.1, -0.05) is 12.1 Å². The van der Waals surface area contributed by atoms with Gasteiger partial charge in [0, 0.05) is 11.6 Å². The lowest BCUT2D eigenvalue weighted by molar-refractivity contribution is -0.137. The van der Waals surface area contributed by atoms with Crippen molar-refractivity contribution in [3.05, 3.63) is 30.0 Å². The number of aryl methyl sites for hydroxylation is 1. The molecule has 1 heterocycles. The highest BCUT2D eigenvalue weighted by atomic mass is 16.4. The highest BCUT2D eigenvalue weighted by Crippen LogP contribution is 2.26. The second kappa shape index (κ2) is 3.31. The van der Waals surface area contributed by atoms with Gasteiger partial charge in [-0.15, -0.1) is 0 Å². The Morgan fingerprint density at radius 3 is 2.93 bits per heavy atom. The molecule has 0 spiro atoms. The number of carboxylic acid groups (broad SMARTS) is 1. The van der Waals surface area contributed by atoms with Gasteiger partial charge < -0.3 is 15.4 Å². The van der Waals surface area contributed by atoms with Crippen molar-refractivity contribution >= 4 is 22.6 Å². The first-order chi connectivity index (χ1) is 7.09. The van der Waals surface area contributed by atoms with E-state index >= 15 is 0 Å². The molecule has 2 aromatic rings. The van der Waals surface area contributed by atoms with Crippen molar-refractivity contribution in [2.45, 2.75) is 13.5 Å². The number of nitrogen functional groups attached to an aromatic ring is 1. The number of hydrogen-bond acceptors (Lipinski definition) is 2. The van der Waals surface area contributed by atoms with E-state index in [1.54, 1.807) is 10.8 Å². The van der Waals surface area contributed by atoms with Gasteiger partial charge in [0.1, 0.15) is 6.54 Å². The summed E-state index contributed by atoms with van der Waals surface area (Å²) in [7, 11) is 0. The lowest BCUT2D eigenvalue weighted by Gasteiger charge is -2.01. The number of anilines is 1. The first-order valence-electron chi connectivity index (χ1n) is 4.65. The molecule has 0 radical (unpaired) electrons. The molecule has 0 bridgehead atoms. The molecule has 4 heteroatoms. The fourth-order valence-electron chi connectivity index (χ4n) is 1.85. The number of carboxylic acids is 1. The Morgan fingerprint density at radius 1 is 1.53 bits per heavy atom. The minimum atomic E-state index is -0.867. The Bertz CT molecular complexity index is 529. The van der Waals surface area contributed by atoms with Crippen LogP contribution in [0, 0.1) is 6.92 Å². The van der Waals surface area contributed by atoms with Crippen LogP contribution in [0.1, 0.15) is 5.56 Å². The van der Waals surface area contributed by atoms with Gasteiger partial charge in [0.2, 0.25) is 0 Å². The van der Waals surface area contributed by atoms with Crippen LogP contribution >= 0.6 is 0 Å². The zero-order valence-corrected chi connectivity index (χ0v) is 8.40. The van der Waals surface area contributed by atoms with Gasteiger partial charge in [0.15, 0.2) is 0 Å². The van der Waals surface area contributed by atoms with Crippen molar-refractivity contribution in [1.29, 1.82) is 0 Å². The smallest absolute Gasteiger partial charge is 0.323 e. The zero-order valence-electron chi connectivity index (χ0n) is 8.40. The van der Waals surface area contributed by atoms with E-state index in [9.17, 15) is 4.79 Å². The summed E-state index contributed by atoms with van der Waals surface area (Å²) >= 11 is 0. The van der Waals surface area contributed by atoms with Crippen LogP contribution in [0.15, 0.2) is 24.4 Å². The van der Waals surface area contributed by atoms with Gasteiger partial charge in [-0.25, -0.2) is 0 Å². The summed E-state index contributed by atoms with van der Waals surface area (Å²) in [6, 6.07) is 5.74. The van der Waals surface area contributed by atoms with Crippen molar-refractivity contribution in [2.24, 2.45) is 0 Å². The number of aliphatic carboxylic acids is 1. The Balaban J connectivity index is 2.68. The molecule has 2 rings (SSSR count). The molecule has 1 aromatic carbocycles. The number of hydrogen-bond donors (Lipinski definition) is 2. The predicted molar refractivity (Wildman–Crippen MR) is 58.7 cm³/mol. The van der Waals surface area contributed by atoms with Crippen molar-refractivity contribution in [1.82, 2.24) is 4.57 Å². The summed E-state index contributed by atoms with van der Waals surface area (Å²) in [4.78, 5) is 10.6. The Labute approximate surface area is 86.9 Å². The minimum absolute atomic E-state index is 0.0584. The highest BCUT2D eigenvalue weighted by molar-refractivity contribution is 5.95. The van der Waals surface area contributed by atoms with Crippen LogP contribution in [0.5, 0.6) is 0 Å². The van der Waals surface area contributed by atoms with Gasteiger partial charge >= 0.3 is 5.97 Å². The number of nitrogens with two attached hydrogens (primary N) is 1. The van der Waals surface area contributed by atoms with E-state index in [1.807, 2.05) is 25.1 Å². The highest BCUT2D eigenvalue weighted by Gasteiger charge is 2.09. The molecule has 4 nitrogen and oxygen atoms in total. The number of aromatic nitrogens is 1. The summed E-state index contributed by atoms with van der Waals surface area (Å²) in [6.07, 6.45) is 1.67. The summed E-state index contributed by atoms with van der Waals surface area (Å²) in [5.41, 5.74) is 8.40. The third-order valence-corrected chi connectivity index (χ3v) is 2.45. The van der Waals surface area contributed by atoms with Gasteiger partial charge in [-0.2, -0.15) is 0 Å². The maximum atomic E-state index is 10.6. The predicted octanol–water partition coefficient (Wildman–Crippen LogP) is 1.62. The monoisotopic (exact) mass is 204 g/mol. The van der Waals surface area contributed by atoms with Crippen LogP contribution < -0.4 is 5.73 Å². The Morgan fingerprint density at radius 2 is 2.27 bits per heavy atom. The summed E-state index contributed by atoms with van der Waals surface area (Å²) in [5.74, 6) is -0.867. The number of nitrogens with zero attached hydrogens (tertiary/aromatic N) is 1. The Kier molecular flexibility index (Phi) is 2.11. The van der Waals surface area contributed by atoms with Gasteiger partial charge in [0.25, 0.3) is 0 Å². The largest absolute Gasteiger partial charge is 0.480 e. The summed E-state index contributed by atoms with van der Waals surface area (Å²) in [6.45, 7) is 1.90. The van der Waals surface area contributed by atoms with E-state index in [0.717, 1.165) is 16.5 Å². The molecule has 78 valence electrons. The first kappa shape index (κ1) is 9.58. The van der Waals surface area contributed by atoms with E-state index < -0.39 is 5.97 Å². The van der Waals surface area contributed by atoms with Gasteiger partial charge in [-0.3, -0.25) is 4.79 Å². The van der Waals surface area contributed by atoms with E-state index in [4.69, 9.17) is 10.8 Å². The molecule has 0 amide bonds. The molecule has 0 saturated heterocycles. The van der Waals surface area contributed by atoms with Crippen molar-refractivity contribution in [3.8, 4) is 0 Å². The van der Waals surface area contributed by atoms with Crippen LogP contribution in [0.3, 0.4) is 0 Å². The van der Waals surface area contributed by atoms with Crippen LogP contribution in [-0.2, 0) is 11.3 Å². The molecular weight excluding hydrogens is 192 g/mol. The standard InChI is InChI=1S/C11H12N2O2/c1-7-3-2-4-9-11(7)8(12)5-13(9)6-10(14)15/h2-5H,6,12H2,1H3,(H,14,15). The molecule has 1 aromatic heterocycles. The molecule has 0 aliphatic rings. The van der Waals surface area contributed by atoms with Gasteiger partial charge in [-0.05, 0) is 18.6 Å². The molecular formula is C11H12N2O2. The third kappa shape index (κ3) is 1.54. The number of carbonyl (C=O) groups is 1. The Hall–Kier alpha value is -1.97. The quantitative estimate of drug-likeness (QED) is 0.781. The van der Waals surface area contributed by atoms with Gasteiger partial charge in [0.05, 0.1) is 11.2 Å².